The Balaban J connectivity index is 1.97. The molecule has 0 aliphatic carbocycles. The van der Waals surface area contributed by atoms with Crippen molar-refractivity contribution in [1.29, 1.82) is 0 Å². The highest BCUT2D eigenvalue weighted by molar-refractivity contribution is 6.31. The molecule has 154 valence electrons. The molecule has 0 saturated heterocycles. The smallest absolute Gasteiger partial charge is 0.319 e. The van der Waals surface area contributed by atoms with Crippen molar-refractivity contribution >= 4 is 40.8 Å². The molecule has 0 fully saturated rings. The van der Waals surface area contributed by atoms with Gasteiger partial charge in [-0.05, 0) is 47.5 Å². The van der Waals surface area contributed by atoms with Crippen LogP contribution in [0.2, 0.25) is 10.0 Å². The zero-order chi connectivity index (χ0) is 21.5. The van der Waals surface area contributed by atoms with Crippen LogP contribution >= 0.6 is 23.2 Å². The Morgan fingerprint density at radius 1 is 0.933 bits per heavy atom. The second-order valence-electron chi connectivity index (χ2n) is 6.50. The second kappa shape index (κ2) is 10.3. The van der Waals surface area contributed by atoms with Crippen molar-refractivity contribution < 1.29 is 14.3 Å². The van der Waals surface area contributed by atoms with Crippen molar-refractivity contribution in [3.8, 4) is 0 Å². The summed E-state index contributed by atoms with van der Waals surface area (Å²) in [5.41, 5.74) is 2.62. The van der Waals surface area contributed by atoms with E-state index in [-0.39, 0.29) is 12.5 Å². The summed E-state index contributed by atoms with van der Waals surface area (Å²) in [7, 11) is 1.33. The molecule has 30 heavy (non-hydrogen) atoms. The number of carbonyl (C=O) groups excluding carboxylic acids is 2. The van der Waals surface area contributed by atoms with E-state index in [1.54, 1.807) is 42.5 Å². The van der Waals surface area contributed by atoms with E-state index in [1.165, 1.54) is 7.11 Å². The van der Waals surface area contributed by atoms with E-state index < -0.39 is 12.0 Å². The summed E-state index contributed by atoms with van der Waals surface area (Å²) >= 11 is 12.3. The van der Waals surface area contributed by atoms with E-state index in [4.69, 9.17) is 27.9 Å². The molecular formula is C23H20Cl2N2O3. The third-order valence-corrected chi connectivity index (χ3v) is 4.94. The van der Waals surface area contributed by atoms with Gasteiger partial charge in [-0.3, -0.25) is 14.9 Å². The number of nitrogens with one attached hydrogen (secondary N) is 2. The summed E-state index contributed by atoms with van der Waals surface area (Å²) in [6.07, 6.45) is 0. The Kier molecular flexibility index (Phi) is 7.46. The third-order valence-electron chi connectivity index (χ3n) is 4.47. The minimum atomic E-state index is -0.404. The van der Waals surface area contributed by atoms with Gasteiger partial charge in [-0.2, -0.15) is 0 Å². The lowest BCUT2D eigenvalue weighted by atomic mass is 9.96. The number of halogens is 2. The molecule has 0 radical (unpaired) electrons. The lowest BCUT2D eigenvalue weighted by Crippen LogP contribution is -2.30. The first-order valence-corrected chi connectivity index (χ1v) is 9.95. The van der Waals surface area contributed by atoms with Crippen LogP contribution in [0.4, 0.5) is 5.69 Å². The van der Waals surface area contributed by atoms with E-state index in [0.717, 1.165) is 5.56 Å². The standard InChI is InChI=1S/C23H20Cl2N2O3/c1-30-21(28)14-26-22(15-6-3-2-4-7-15)19-13-18(25)10-11-20(19)27-23(29)16-8-5-9-17(24)12-16/h2-13,22,26H,14H2,1H3,(H,27,29)/t22-/m0/s1. The highest BCUT2D eigenvalue weighted by Gasteiger charge is 2.20. The lowest BCUT2D eigenvalue weighted by Gasteiger charge is -2.23. The van der Waals surface area contributed by atoms with Gasteiger partial charge in [0.1, 0.15) is 0 Å². The minimum absolute atomic E-state index is 0.00967. The summed E-state index contributed by atoms with van der Waals surface area (Å²) in [6, 6.07) is 21.0. The average molecular weight is 443 g/mol. The fourth-order valence-corrected chi connectivity index (χ4v) is 3.39. The van der Waals surface area contributed by atoms with Crippen molar-refractivity contribution in [2.45, 2.75) is 6.04 Å². The van der Waals surface area contributed by atoms with Crippen molar-refractivity contribution in [2.75, 3.05) is 19.0 Å². The summed E-state index contributed by atoms with van der Waals surface area (Å²) in [5.74, 6) is -0.705. The molecule has 0 heterocycles. The lowest BCUT2D eigenvalue weighted by molar-refractivity contribution is -0.139. The van der Waals surface area contributed by atoms with E-state index >= 15 is 0 Å². The molecule has 7 heteroatoms. The molecule has 0 aliphatic heterocycles. The molecule has 1 amide bonds. The molecule has 3 aromatic carbocycles. The number of methoxy groups -OCH3 is 1. The molecule has 1 atom stereocenters. The van der Waals surface area contributed by atoms with Gasteiger partial charge in [0.05, 0.1) is 19.7 Å². The fraction of sp³-hybridized carbons (Fsp3) is 0.130. The number of rotatable bonds is 7. The van der Waals surface area contributed by atoms with Crippen molar-refractivity contribution in [2.24, 2.45) is 0 Å². The zero-order valence-electron chi connectivity index (χ0n) is 16.2. The molecule has 3 rings (SSSR count). The molecule has 0 bridgehead atoms. The summed E-state index contributed by atoms with van der Waals surface area (Å²) < 4.78 is 4.75. The number of ether oxygens (including phenoxy) is 1. The maximum atomic E-state index is 12.8. The first kappa shape index (κ1) is 21.8. The number of hydrogen-bond acceptors (Lipinski definition) is 4. The van der Waals surface area contributed by atoms with E-state index in [9.17, 15) is 9.59 Å². The van der Waals surface area contributed by atoms with Crippen LogP contribution in [-0.2, 0) is 9.53 Å². The number of amides is 1. The second-order valence-corrected chi connectivity index (χ2v) is 7.37. The molecule has 0 aromatic heterocycles. The molecule has 0 unspecified atom stereocenters. The van der Waals surface area contributed by atoms with Gasteiger partial charge < -0.3 is 10.1 Å². The molecule has 0 spiro atoms. The Morgan fingerprint density at radius 2 is 1.67 bits per heavy atom. The SMILES string of the molecule is COC(=O)CN[C@@H](c1ccccc1)c1cc(Cl)ccc1NC(=O)c1cccc(Cl)c1. The van der Waals surface area contributed by atoms with Gasteiger partial charge in [0.15, 0.2) is 0 Å². The number of esters is 1. The highest BCUT2D eigenvalue weighted by Crippen LogP contribution is 2.31. The average Bonchev–Trinajstić information content (AvgIpc) is 2.76. The van der Waals surface area contributed by atoms with Crippen LogP contribution < -0.4 is 10.6 Å². The first-order valence-electron chi connectivity index (χ1n) is 9.19. The topological polar surface area (TPSA) is 67.4 Å². The Labute approximate surface area is 185 Å². The van der Waals surface area contributed by atoms with E-state index in [0.29, 0.717) is 26.9 Å². The van der Waals surface area contributed by atoms with Crippen LogP contribution in [0.5, 0.6) is 0 Å². The largest absolute Gasteiger partial charge is 0.468 e. The molecule has 0 aliphatic rings. The van der Waals surface area contributed by atoms with Crippen molar-refractivity contribution in [3.63, 3.8) is 0 Å². The molecule has 0 saturated carbocycles. The van der Waals surface area contributed by atoms with Gasteiger partial charge in [0.2, 0.25) is 0 Å². The van der Waals surface area contributed by atoms with Gasteiger partial charge in [0.25, 0.3) is 5.91 Å². The molecular weight excluding hydrogens is 423 g/mol. The predicted octanol–water partition coefficient (Wildman–Crippen LogP) is 5.10. The van der Waals surface area contributed by atoms with Gasteiger partial charge in [-0.25, -0.2) is 0 Å². The summed E-state index contributed by atoms with van der Waals surface area (Å²) in [5, 5.41) is 7.09. The zero-order valence-corrected chi connectivity index (χ0v) is 17.7. The van der Waals surface area contributed by atoms with Crippen LogP contribution in [0.1, 0.15) is 27.5 Å². The van der Waals surface area contributed by atoms with Crippen LogP contribution in [0, 0.1) is 0 Å². The fourth-order valence-electron chi connectivity index (χ4n) is 3.02. The number of anilines is 1. The minimum Gasteiger partial charge on any atom is -0.468 e. The van der Waals surface area contributed by atoms with Crippen molar-refractivity contribution in [3.05, 3.63) is 99.5 Å². The monoisotopic (exact) mass is 442 g/mol. The first-order chi connectivity index (χ1) is 14.5. The molecule has 3 aromatic rings. The van der Waals surface area contributed by atoms with Crippen LogP contribution in [0.25, 0.3) is 0 Å². The molecule has 2 N–H and O–H groups in total. The maximum absolute atomic E-state index is 12.8. The van der Waals surface area contributed by atoms with Gasteiger partial charge in [-0.1, -0.05) is 59.6 Å². The van der Waals surface area contributed by atoms with Gasteiger partial charge >= 0.3 is 5.97 Å². The van der Waals surface area contributed by atoms with Crippen LogP contribution in [-0.4, -0.2) is 25.5 Å². The predicted molar refractivity (Wildman–Crippen MR) is 119 cm³/mol. The Hall–Kier alpha value is -2.86. The Morgan fingerprint density at radius 3 is 2.37 bits per heavy atom. The highest BCUT2D eigenvalue weighted by atomic mass is 35.5. The maximum Gasteiger partial charge on any atom is 0.319 e. The Bertz CT molecular complexity index is 1040. The van der Waals surface area contributed by atoms with E-state index in [2.05, 4.69) is 10.6 Å². The molecule has 5 nitrogen and oxygen atoms in total. The summed E-state index contributed by atoms with van der Waals surface area (Å²) in [4.78, 5) is 24.5. The van der Waals surface area contributed by atoms with Gasteiger partial charge in [0, 0.05) is 21.3 Å². The normalized spacial score (nSPS) is 11.6. The van der Waals surface area contributed by atoms with Crippen LogP contribution in [0.15, 0.2) is 72.8 Å². The van der Waals surface area contributed by atoms with Crippen molar-refractivity contribution in [1.82, 2.24) is 5.32 Å². The third kappa shape index (κ3) is 5.60. The summed E-state index contributed by atoms with van der Waals surface area (Å²) in [6.45, 7) is -0.00967. The number of benzene rings is 3. The van der Waals surface area contributed by atoms with E-state index in [1.807, 2.05) is 30.3 Å². The van der Waals surface area contributed by atoms with Crippen LogP contribution in [0.3, 0.4) is 0 Å². The number of hydrogen-bond donors (Lipinski definition) is 2. The quantitative estimate of drug-likeness (QED) is 0.499. The van der Waals surface area contributed by atoms with Gasteiger partial charge in [-0.15, -0.1) is 0 Å². The number of carbonyl (C=O) groups is 2.